The molecule has 0 N–H and O–H groups in total. The van der Waals surface area contributed by atoms with Crippen LogP contribution in [0.15, 0.2) is 29.0 Å². The van der Waals surface area contributed by atoms with Gasteiger partial charge in [-0.3, -0.25) is 14.4 Å². The van der Waals surface area contributed by atoms with Gasteiger partial charge in [-0.1, -0.05) is 0 Å². The van der Waals surface area contributed by atoms with Crippen LogP contribution in [-0.4, -0.2) is 51.7 Å². The van der Waals surface area contributed by atoms with Crippen LogP contribution in [0.5, 0.6) is 0 Å². The molecule has 0 spiro atoms. The average Bonchev–Trinajstić information content (AvgIpc) is 3.16. The maximum Gasteiger partial charge on any atom is 0.224 e. The monoisotopic (exact) mass is 428 g/mol. The zero-order valence-corrected chi connectivity index (χ0v) is 15.4. The first kappa shape index (κ1) is 16.5. The van der Waals surface area contributed by atoms with Gasteiger partial charge in [-0.2, -0.15) is 5.10 Å². The fraction of sp³-hybridized carbons (Fsp3) is 0.500. The van der Waals surface area contributed by atoms with Crippen LogP contribution in [0, 0.1) is 10.5 Å². The molecule has 1 aliphatic rings. The second-order valence-electron chi connectivity index (χ2n) is 5.81. The van der Waals surface area contributed by atoms with Crippen molar-refractivity contribution in [2.24, 2.45) is 0 Å². The summed E-state index contributed by atoms with van der Waals surface area (Å²) in [5.41, 5.74) is 1.02. The highest BCUT2D eigenvalue weighted by atomic mass is 127. The predicted octanol–water partition coefficient (Wildman–Crippen LogP) is 2.12. The van der Waals surface area contributed by atoms with Crippen LogP contribution < -0.4 is 0 Å². The minimum absolute atomic E-state index is 0.214. The number of hydrogen-bond acceptors (Lipinski definition) is 4. The molecule has 0 atom stereocenters. The second-order valence-corrected chi connectivity index (χ2v) is 6.97. The highest BCUT2D eigenvalue weighted by molar-refractivity contribution is 14.1. The number of carbonyl (C=O) groups is 1. The highest BCUT2D eigenvalue weighted by Gasteiger charge is 2.21. The molecule has 7 heteroatoms. The molecule has 2 aromatic heterocycles. The van der Waals surface area contributed by atoms with E-state index in [2.05, 4.69) is 32.6 Å². The summed E-state index contributed by atoms with van der Waals surface area (Å²) in [6.45, 7) is 6.81. The van der Waals surface area contributed by atoms with Crippen LogP contribution in [0.4, 0.5) is 0 Å². The van der Waals surface area contributed by atoms with Gasteiger partial charge in [-0.25, -0.2) is 0 Å². The number of rotatable bonds is 5. The number of piperazine rings is 1. The molecular weight excluding hydrogens is 407 g/mol. The lowest BCUT2D eigenvalue weighted by atomic mass is 10.2. The molecule has 0 aliphatic carbocycles. The van der Waals surface area contributed by atoms with E-state index in [0.29, 0.717) is 13.0 Å². The lowest BCUT2D eigenvalue weighted by Gasteiger charge is -2.34. The number of aryl methyl sites for hydroxylation is 2. The number of amides is 1. The van der Waals surface area contributed by atoms with E-state index < -0.39 is 0 Å². The second kappa shape index (κ2) is 7.48. The molecule has 6 nitrogen and oxygen atoms in total. The maximum atomic E-state index is 12.3. The zero-order chi connectivity index (χ0) is 16.2. The normalized spacial score (nSPS) is 16.0. The first-order chi connectivity index (χ1) is 11.1. The van der Waals surface area contributed by atoms with Crippen molar-refractivity contribution in [1.29, 1.82) is 0 Å². The van der Waals surface area contributed by atoms with Gasteiger partial charge in [0, 0.05) is 45.3 Å². The van der Waals surface area contributed by atoms with Gasteiger partial charge in [-0.05, 0) is 41.6 Å². The van der Waals surface area contributed by atoms with Crippen LogP contribution in [0.1, 0.15) is 17.9 Å². The Morgan fingerprint density at radius 1 is 1.35 bits per heavy atom. The van der Waals surface area contributed by atoms with E-state index in [-0.39, 0.29) is 5.91 Å². The fourth-order valence-corrected chi connectivity index (χ4v) is 3.18. The van der Waals surface area contributed by atoms with Crippen molar-refractivity contribution >= 4 is 28.5 Å². The topological polar surface area (TPSA) is 54.5 Å². The molecule has 3 heterocycles. The van der Waals surface area contributed by atoms with E-state index in [4.69, 9.17) is 4.42 Å². The maximum absolute atomic E-state index is 12.3. The molecule has 0 unspecified atom stereocenters. The van der Waals surface area contributed by atoms with E-state index in [0.717, 1.165) is 47.7 Å². The summed E-state index contributed by atoms with van der Waals surface area (Å²) < 4.78 is 8.38. The Labute approximate surface area is 149 Å². The number of nitrogens with zero attached hydrogens (tertiary/aromatic N) is 4. The lowest BCUT2D eigenvalue weighted by Crippen LogP contribution is -2.48. The van der Waals surface area contributed by atoms with Crippen molar-refractivity contribution in [1.82, 2.24) is 19.6 Å². The Morgan fingerprint density at radius 2 is 2.13 bits per heavy atom. The fourth-order valence-electron chi connectivity index (χ4n) is 2.75. The number of aromatic nitrogens is 2. The Balaban J connectivity index is 1.42. The van der Waals surface area contributed by atoms with Crippen molar-refractivity contribution in [3.05, 3.63) is 39.6 Å². The first-order valence-corrected chi connectivity index (χ1v) is 8.92. The smallest absolute Gasteiger partial charge is 0.224 e. The number of hydrogen-bond donors (Lipinski definition) is 0. The average molecular weight is 428 g/mol. The third-order valence-electron chi connectivity index (χ3n) is 4.13. The quantitative estimate of drug-likeness (QED) is 0.685. The predicted molar refractivity (Wildman–Crippen MR) is 94.9 cm³/mol. The van der Waals surface area contributed by atoms with Gasteiger partial charge in [0.15, 0.2) is 0 Å². The van der Waals surface area contributed by atoms with Crippen LogP contribution in [0.25, 0.3) is 0 Å². The minimum Gasteiger partial charge on any atom is -0.468 e. The van der Waals surface area contributed by atoms with Gasteiger partial charge < -0.3 is 9.32 Å². The molecule has 1 fully saturated rings. The number of halogens is 1. The molecule has 0 radical (unpaired) electrons. The van der Waals surface area contributed by atoms with Gasteiger partial charge >= 0.3 is 0 Å². The summed E-state index contributed by atoms with van der Waals surface area (Å²) >= 11 is 2.26. The van der Waals surface area contributed by atoms with Crippen molar-refractivity contribution in [3.63, 3.8) is 0 Å². The van der Waals surface area contributed by atoms with Crippen molar-refractivity contribution in [2.45, 2.75) is 26.4 Å². The van der Waals surface area contributed by atoms with Crippen LogP contribution in [0.3, 0.4) is 0 Å². The SMILES string of the molecule is Cc1nn(CCC(=O)N2CCN(Cc3ccco3)CC2)cc1I. The summed E-state index contributed by atoms with van der Waals surface area (Å²) in [6, 6.07) is 3.90. The van der Waals surface area contributed by atoms with E-state index in [1.54, 1.807) is 6.26 Å². The summed E-state index contributed by atoms with van der Waals surface area (Å²) in [6.07, 6.45) is 4.20. The summed E-state index contributed by atoms with van der Waals surface area (Å²) in [7, 11) is 0. The van der Waals surface area contributed by atoms with Crippen molar-refractivity contribution in [3.8, 4) is 0 Å². The van der Waals surface area contributed by atoms with Gasteiger partial charge in [0.1, 0.15) is 5.76 Å². The lowest BCUT2D eigenvalue weighted by molar-refractivity contribution is -0.133. The Kier molecular flexibility index (Phi) is 5.37. The molecule has 23 heavy (non-hydrogen) atoms. The Hall–Kier alpha value is -1.35. The van der Waals surface area contributed by atoms with E-state index >= 15 is 0 Å². The van der Waals surface area contributed by atoms with Crippen molar-refractivity contribution in [2.75, 3.05) is 26.2 Å². The molecule has 2 aromatic rings. The van der Waals surface area contributed by atoms with E-state index in [9.17, 15) is 4.79 Å². The zero-order valence-electron chi connectivity index (χ0n) is 13.2. The van der Waals surface area contributed by atoms with E-state index in [1.807, 2.05) is 34.8 Å². The largest absolute Gasteiger partial charge is 0.468 e. The Bertz CT molecular complexity index is 626. The van der Waals surface area contributed by atoms with Gasteiger partial charge in [0.05, 0.1) is 22.1 Å². The number of carbonyl (C=O) groups excluding carboxylic acids is 1. The van der Waals surface area contributed by atoms with E-state index in [1.165, 1.54) is 0 Å². The molecule has 1 aliphatic heterocycles. The minimum atomic E-state index is 0.214. The van der Waals surface area contributed by atoms with Gasteiger partial charge in [0.25, 0.3) is 0 Å². The molecule has 0 saturated carbocycles. The summed E-state index contributed by atoms with van der Waals surface area (Å²) in [5, 5.41) is 4.40. The molecular formula is C16H21IN4O2. The Morgan fingerprint density at radius 3 is 2.74 bits per heavy atom. The number of furan rings is 1. The molecule has 124 valence electrons. The molecule has 1 amide bonds. The first-order valence-electron chi connectivity index (χ1n) is 7.84. The summed E-state index contributed by atoms with van der Waals surface area (Å²) in [5.74, 6) is 1.19. The third kappa shape index (κ3) is 4.35. The van der Waals surface area contributed by atoms with Gasteiger partial charge in [0.2, 0.25) is 5.91 Å². The molecule has 0 aromatic carbocycles. The van der Waals surface area contributed by atoms with Crippen LogP contribution >= 0.6 is 22.6 Å². The molecule has 3 rings (SSSR count). The molecule has 1 saturated heterocycles. The standard InChI is InChI=1S/C16H21IN4O2/c1-13-15(17)12-21(18-13)5-4-16(22)20-8-6-19(7-9-20)11-14-3-2-10-23-14/h2-3,10,12H,4-9,11H2,1H3. The van der Waals surface area contributed by atoms with Gasteiger partial charge in [-0.15, -0.1) is 0 Å². The van der Waals surface area contributed by atoms with Crippen LogP contribution in [0.2, 0.25) is 0 Å². The van der Waals surface area contributed by atoms with Crippen molar-refractivity contribution < 1.29 is 9.21 Å². The third-order valence-corrected chi connectivity index (χ3v) is 5.18. The molecule has 0 bridgehead atoms. The summed E-state index contributed by atoms with van der Waals surface area (Å²) in [4.78, 5) is 16.6. The highest BCUT2D eigenvalue weighted by Crippen LogP contribution is 2.11. The van der Waals surface area contributed by atoms with Crippen LogP contribution in [-0.2, 0) is 17.9 Å².